The van der Waals surface area contributed by atoms with Crippen LogP contribution in [0.3, 0.4) is 0 Å². The third-order valence-electron chi connectivity index (χ3n) is 2.83. The molecule has 21 heavy (non-hydrogen) atoms. The molecule has 3 aromatic rings. The number of aromatic nitrogens is 4. The Morgan fingerprint density at radius 3 is 2.38 bits per heavy atom. The third-order valence-corrected chi connectivity index (χ3v) is 2.83. The van der Waals surface area contributed by atoms with Crippen LogP contribution >= 0.6 is 0 Å². The summed E-state index contributed by atoms with van der Waals surface area (Å²) in [5.74, 6) is 0. The Morgan fingerprint density at radius 2 is 1.76 bits per heavy atom. The van der Waals surface area contributed by atoms with Gasteiger partial charge in [0.25, 0.3) is 0 Å². The minimum Gasteiger partial charge on any atom is -0.254 e. The summed E-state index contributed by atoms with van der Waals surface area (Å²) in [6.45, 7) is 0. The van der Waals surface area contributed by atoms with E-state index in [2.05, 4.69) is 21.4 Å². The van der Waals surface area contributed by atoms with Gasteiger partial charge in [0.1, 0.15) is 5.69 Å². The van der Waals surface area contributed by atoms with Crippen LogP contribution in [0, 0.1) is 6.07 Å². The maximum absolute atomic E-state index is 12.5. The minimum atomic E-state index is -4.35. The van der Waals surface area contributed by atoms with Crippen molar-refractivity contribution in [3.05, 3.63) is 60.4 Å². The van der Waals surface area contributed by atoms with Gasteiger partial charge in [0.05, 0.1) is 23.1 Å². The van der Waals surface area contributed by atoms with Gasteiger partial charge in [-0.05, 0) is 30.3 Å². The molecule has 0 aliphatic heterocycles. The second kappa shape index (κ2) is 5.01. The number of hydrogen-bond acceptors (Lipinski definition) is 3. The second-order valence-corrected chi connectivity index (χ2v) is 4.24. The van der Waals surface area contributed by atoms with Gasteiger partial charge in [0, 0.05) is 12.3 Å². The van der Waals surface area contributed by atoms with Gasteiger partial charge in [-0.1, -0.05) is 11.3 Å². The Balaban J connectivity index is 1.90. The van der Waals surface area contributed by atoms with Crippen LogP contribution in [-0.4, -0.2) is 20.0 Å². The van der Waals surface area contributed by atoms with Crippen molar-refractivity contribution in [3.63, 3.8) is 0 Å². The number of rotatable bonds is 2. The quantitative estimate of drug-likeness (QED) is 0.728. The van der Waals surface area contributed by atoms with E-state index in [1.807, 2.05) is 0 Å². The largest absolute Gasteiger partial charge is 0.416 e. The predicted molar refractivity (Wildman–Crippen MR) is 68.4 cm³/mol. The highest BCUT2D eigenvalue weighted by atomic mass is 19.4. The third kappa shape index (κ3) is 2.76. The molecule has 2 aromatic heterocycles. The molecular formula is C14H8F3N4. The molecule has 0 fully saturated rings. The Bertz CT molecular complexity index is 733. The lowest BCUT2D eigenvalue weighted by Gasteiger charge is -2.07. The number of alkyl halides is 3. The Labute approximate surface area is 117 Å². The van der Waals surface area contributed by atoms with E-state index >= 15 is 0 Å². The molecule has 3 rings (SSSR count). The number of pyridine rings is 1. The molecule has 2 heterocycles. The monoisotopic (exact) mass is 289 g/mol. The summed E-state index contributed by atoms with van der Waals surface area (Å²) in [7, 11) is 0. The molecule has 0 atom stereocenters. The molecule has 0 amide bonds. The molecule has 0 aliphatic carbocycles. The van der Waals surface area contributed by atoms with E-state index in [-0.39, 0.29) is 0 Å². The lowest BCUT2D eigenvalue weighted by atomic mass is 10.2. The van der Waals surface area contributed by atoms with E-state index in [4.69, 9.17) is 0 Å². The fourth-order valence-electron chi connectivity index (χ4n) is 1.78. The zero-order valence-corrected chi connectivity index (χ0v) is 10.5. The predicted octanol–water partition coefficient (Wildman–Crippen LogP) is 3.15. The first-order valence-corrected chi connectivity index (χ1v) is 5.96. The van der Waals surface area contributed by atoms with Crippen molar-refractivity contribution < 1.29 is 13.2 Å². The summed E-state index contributed by atoms with van der Waals surface area (Å²) >= 11 is 0. The molecule has 0 N–H and O–H groups in total. The molecule has 0 unspecified atom stereocenters. The minimum absolute atomic E-state index is 0.490. The van der Waals surface area contributed by atoms with Crippen LogP contribution in [0.15, 0.2) is 48.8 Å². The molecule has 0 bridgehead atoms. The van der Waals surface area contributed by atoms with Crippen LogP contribution in [-0.2, 0) is 6.18 Å². The summed E-state index contributed by atoms with van der Waals surface area (Å²) in [6, 6.07) is 10.9. The van der Waals surface area contributed by atoms with E-state index in [0.717, 1.165) is 12.1 Å². The molecule has 1 radical (unpaired) electrons. The van der Waals surface area contributed by atoms with Crippen molar-refractivity contribution in [1.29, 1.82) is 0 Å². The van der Waals surface area contributed by atoms with E-state index < -0.39 is 11.7 Å². The number of halogens is 3. The normalized spacial score (nSPS) is 11.6. The van der Waals surface area contributed by atoms with E-state index in [1.54, 1.807) is 18.3 Å². The van der Waals surface area contributed by atoms with Crippen LogP contribution in [0.1, 0.15) is 5.56 Å². The molecule has 4 nitrogen and oxygen atoms in total. The van der Waals surface area contributed by atoms with Crippen LogP contribution in [0.5, 0.6) is 0 Å². The SMILES string of the molecule is FC(F)(F)c1ccc(-n2cc(-c3cc[c]cn3)nn2)cc1. The van der Waals surface area contributed by atoms with E-state index in [9.17, 15) is 13.2 Å². The van der Waals surface area contributed by atoms with Gasteiger partial charge in [-0.15, -0.1) is 5.10 Å². The molecule has 7 heteroatoms. The van der Waals surface area contributed by atoms with Gasteiger partial charge >= 0.3 is 6.18 Å². The van der Waals surface area contributed by atoms with Gasteiger partial charge in [-0.2, -0.15) is 13.2 Å². The van der Waals surface area contributed by atoms with Crippen LogP contribution in [0.25, 0.3) is 17.1 Å². The average molecular weight is 289 g/mol. The zero-order valence-electron chi connectivity index (χ0n) is 10.5. The molecule has 0 aliphatic rings. The zero-order chi connectivity index (χ0) is 14.9. The van der Waals surface area contributed by atoms with Gasteiger partial charge in [-0.3, -0.25) is 4.98 Å². The van der Waals surface area contributed by atoms with Crippen molar-refractivity contribution in [2.24, 2.45) is 0 Å². The fourth-order valence-corrected chi connectivity index (χ4v) is 1.78. The smallest absolute Gasteiger partial charge is 0.254 e. The van der Waals surface area contributed by atoms with Crippen molar-refractivity contribution in [1.82, 2.24) is 20.0 Å². The molecular weight excluding hydrogens is 281 g/mol. The molecule has 0 saturated carbocycles. The fraction of sp³-hybridized carbons (Fsp3) is 0.0714. The van der Waals surface area contributed by atoms with Gasteiger partial charge in [0.15, 0.2) is 0 Å². The van der Waals surface area contributed by atoms with Crippen molar-refractivity contribution in [2.45, 2.75) is 6.18 Å². The van der Waals surface area contributed by atoms with E-state index in [0.29, 0.717) is 17.1 Å². The average Bonchev–Trinajstić information content (AvgIpc) is 2.97. The topological polar surface area (TPSA) is 43.6 Å². The number of nitrogens with zero attached hydrogens (tertiary/aromatic N) is 4. The lowest BCUT2D eigenvalue weighted by molar-refractivity contribution is -0.137. The van der Waals surface area contributed by atoms with Crippen LogP contribution in [0.2, 0.25) is 0 Å². The van der Waals surface area contributed by atoms with Crippen molar-refractivity contribution >= 4 is 0 Å². The Morgan fingerprint density at radius 1 is 1.00 bits per heavy atom. The van der Waals surface area contributed by atoms with Crippen LogP contribution in [0.4, 0.5) is 13.2 Å². The first-order chi connectivity index (χ1) is 10.0. The van der Waals surface area contributed by atoms with Crippen LogP contribution < -0.4 is 0 Å². The van der Waals surface area contributed by atoms with E-state index in [1.165, 1.54) is 23.0 Å². The lowest BCUT2D eigenvalue weighted by Crippen LogP contribution is -2.05. The van der Waals surface area contributed by atoms with Crippen molar-refractivity contribution in [2.75, 3.05) is 0 Å². The summed E-state index contributed by atoms with van der Waals surface area (Å²) in [4.78, 5) is 4.08. The summed E-state index contributed by atoms with van der Waals surface area (Å²) in [6.07, 6.45) is -1.24. The highest BCUT2D eigenvalue weighted by Gasteiger charge is 2.30. The van der Waals surface area contributed by atoms with Crippen molar-refractivity contribution in [3.8, 4) is 17.1 Å². The molecule has 0 saturated heterocycles. The first kappa shape index (κ1) is 13.3. The summed E-state index contributed by atoms with van der Waals surface area (Å²) in [5, 5.41) is 7.84. The highest BCUT2D eigenvalue weighted by Crippen LogP contribution is 2.29. The standard InChI is InChI=1S/C14H8F3N4/c15-14(16,17)10-4-6-11(7-5-10)21-9-13(19-20-21)12-3-1-2-8-18-12/h1,3-9H. The Hall–Kier alpha value is -2.70. The number of benzene rings is 1. The maximum Gasteiger partial charge on any atom is 0.416 e. The van der Waals surface area contributed by atoms with Gasteiger partial charge in [-0.25, -0.2) is 4.68 Å². The summed E-state index contributed by atoms with van der Waals surface area (Å²) in [5.41, 5.74) is 0.937. The molecule has 105 valence electrons. The first-order valence-electron chi connectivity index (χ1n) is 5.96. The molecule has 1 aromatic carbocycles. The summed E-state index contributed by atoms with van der Waals surface area (Å²) < 4.78 is 38.9. The highest BCUT2D eigenvalue weighted by molar-refractivity contribution is 5.52. The maximum atomic E-state index is 12.5. The number of hydrogen-bond donors (Lipinski definition) is 0. The van der Waals surface area contributed by atoms with Gasteiger partial charge < -0.3 is 0 Å². The second-order valence-electron chi connectivity index (χ2n) is 4.24. The molecule has 0 spiro atoms. The Kier molecular flexibility index (Phi) is 3.17. The van der Waals surface area contributed by atoms with Gasteiger partial charge in [0.2, 0.25) is 0 Å².